The van der Waals surface area contributed by atoms with Crippen molar-refractivity contribution in [3.05, 3.63) is 12.2 Å². The highest BCUT2D eigenvalue weighted by atomic mass is 14.9. The Bertz CT molecular complexity index is 177. The van der Waals surface area contributed by atoms with Crippen molar-refractivity contribution >= 4 is 0 Å². The molecule has 4 unspecified atom stereocenters. The van der Waals surface area contributed by atoms with Gasteiger partial charge < -0.3 is 5.32 Å². The molecule has 3 rings (SSSR count). The molecule has 1 nitrogen and oxygen atoms in total. The van der Waals surface area contributed by atoms with Gasteiger partial charge in [-0.3, -0.25) is 0 Å². The average molecular weight is 149 g/mol. The number of rotatable bonds is 0. The van der Waals surface area contributed by atoms with E-state index in [-0.39, 0.29) is 0 Å². The number of hydrogen-bond acceptors (Lipinski definition) is 1. The molecular weight excluding hydrogens is 134 g/mol. The standard InChI is InChI=1S/C10H15N/c1-2-8-4-10-6-11-5-9(10)3-7(1)8/h1-2,7-11H,3-6H2. The maximum Gasteiger partial charge on any atom is -0.00171 e. The van der Waals surface area contributed by atoms with Crippen molar-refractivity contribution in [2.75, 3.05) is 13.1 Å². The van der Waals surface area contributed by atoms with Crippen LogP contribution in [0, 0.1) is 23.7 Å². The van der Waals surface area contributed by atoms with Crippen molar-refractivity contribution in [2.45, 2.75) is 12.8 Å². The summed E-state index contributed by atoms with van der Waals surface area (Å²) in [4.78, 5) is 0. The minimum Gasteiger partial charge on any atom is -0.316 e. The maximum atomic E-state index is 3.51. The van der Waals surface area contributed by atoms with E-state index in [1.807, 2.05) is 0 Å². The van der Waals surface area contributed by atoms with E-state index < -0.39 is 0 Å². The molecule has 11 heavy (non-hydrogen) atoms. The molecule has 1 saturated carbocycles. The molecule has 0 aromatic heterocycles. The lowest BCUT2D eigenvalue weighted by molar-refractivity contribution is 0.186. The molecule has 3 aliphatic rings. The average Bonchev–Trinajstić information content (AvgIpc) is 2.40. The minimum absolute atomic E-state index is 0.969. The van der Waals surface area contributed by atoms with Gasteiger partial charge in [0.25, 0.3) is 0 Å². The first-order chi connectivity index (χ1) is 5.43. The van der Waals surface area contributed by atoms with Gasteiger partial charge in [0.2, 0.25) is 0 Å². The molecule has 4 atom stereocenters. The van der Waals surface area contributed by atoms with Gasteiger partial charge in [-0.25, -0.2) is 0 Å². The normalized spacial score (nSPS) is 53.1. The van der Waals surface area contributed by atoms with Gasteiger partial charge in [0.05, 0.1) is 0 Å². The van der Waals surface area contributed by atoms with E-state index in [4.69, 9.17) is 0 Å². The Kier molecular flexibility index (Phi) is 1.19. The Morgan fingerprint density at radius 2 is 1.45 bits per heavy atom. The molecule has 1 heteroatoms. The quantitative estimate of drug-likeness (QED) is 0.514. The zero-order chi connectivity index (χ0) is 7.26. The number of nitrogens with one attached hydrogen (secondary N) is 1. The fourth-order valence-electron chi connectivity index (χ4n) is 2.97. The monoisotopic (exact) mass is 149 g/mol. The van der Waals surface area contributed by atoms with Gasteiger partial charge in [-0.1, -0.05) is 12.2 Å². The van der Waals surface area contributed by atoms with Crippen LogP contribution in [0.25, 0.3) is 0 Å². The van der Waals surface area contributed by atoms with Crippen LogP contribution in [0.3, 0.4) is 0 Å². The van der Waals surface area contributed by atoms with Crippen LogP contribution in [0.15, 0.2) is 12.2 Å². The Morgan fingerprint density at radius 1 is 0.909 bits per heavy atom. The summed E-state index contributed by atoms with van der Waals surface area (Å²) in [6.07, 6.45) is 7.77. The van der Waals surface area contributed by atoms with Crippen LogP contribution >= 0.6 is 0 Å². The molecule has 60 valence electrons. The molecule has 0 radical (unpaired) electrons. The van der Waals surface area contributed by atoms with Crippen molar-refractivity contribution < 1.29 is 0 Å². The van der Waals surface area contributed by atoms with Crippen LogP contribution in [0.1, 0.15) is 12.8 Å². The lowest BCUT2D eigenvalue weighted by Gasteiger charge is -2.40. The van der Waals surface area contributed by atoms with Crippen molar-refractivity contribution in [3.8, 4) is 0 Å². The van der Waals surface area contributed by atoms with Crippen molar-refractivity contribution in [1.29, 1.82) is 0 Å². The van der Waals surface area contributed by atoms with E-state index in [1.165, 1.54) is 25.9 Å². The summed E-state index contributed by atoms with van der Waals surface area (Å²) in [5.41, 5.74) is 0. The Balaban J connectivity index is 1.80. The SMILES string of the molecule is C1=CC2CC3CNCC3CC12. The van der Waals surface area contributed by atoms with E-state index in [2.05, 4.69) is 17.5 Å². The zero-order valence-electron chi connectivity index (χ0n) is 6.79. The lowest BCUT2D eigenvalue weighted by atomic mass is 9.65. The lowest BCUT2D eigenvalue weighted by Crippen LogP contribution is -2.33. The predicted molar refractivity (Wildman–Crippen MR) is 45.2 cm³/mol. The van der Waals surface area contributed by atoms with Crippen LogP contribution in [0.4, 0.5) is 0 Å². The van der Waals surface area contributed by atoms with Crippen molar-refractivity contribution in [1.82, 2.24) is 5.32 Å². The summed E-state index contributed by atoms with van der Waals surface area (Å²) >= 11 is 0. The van der Waals surface area contributed by atoms with E-state index in [1.54, 1.807) is 0 Å². The Morgan fingerprint density at radius 3 is 1.91 bits per heavy atom. The molecule has 2 aliphatic carbocycles. The van der Waals surface area contributed by atoms with E-state index in [0.717, 1.165) is 23.7 Å². The molecule has 0 spiro atoms. The minimum atomic E-state index is 0.969. The molecule has 2 fully saturated rings. The first-order valence-corrected chi connectivity index (χ1v) is 4.82. The van der Waals surface area contributed by atoms with Gasteiger partial charge in [0, 0.05) is 0 Å². The topological polar surface area (TPSA) is 12.0 Å². The summed E-state index contributed by atoms with van der Waals surface area (Å²) in [5.74, 6) is 3.97. The highest BCUT2D eigenvalue weighted by Crippen LogP contribution is 2.45. The van der Waals surface area contributed by atoms with E-state index in [9.17, 15) is 0 Å². The summed E-state index contributed by atoms with van der Waals surface area (Å²) in [5, 5.41) is 3.51. The first-order valence-electron chi connectivity index (χ1n) is 4.82. The number of fused-ring (bicyclic) bond motifs is 2. The Labute approximate surface area is 67.9 Å². The largest absolute Gasteiger partial charge is 0.316 e. The van der Waals surface area contributed by atoms with Gasteiger partial charge in [-0.15, -0.1) is 0 Å². The number of allylic oxidation sites excluding steroid dienone is 2. The van der Waals surface area contributed by atoms with Crippen molar-refractivity contribution in [2.24, 2.45) is 23.7 Å². The van der Waals surface area contributed by atoms with Crippen molar-refractivity contribution in [3.63, 3.8) is 0 Å². The summed E-state index contributed by atoms with van der Waals surface area (Å²) in [6.45, 7) is 2.59. The number of hydrogen-bond donors (Lipinski definition) is 1. The molecule has 0 aromatic carbocycles. The molecule has 1 aliphatic heterocycles. The molecule has 0 bridgehead atoms. The fraction of sp³-hybridized carbons (Fsp3) is 0.800. The second kappa shape index (κ2) is 2.10. The van der Waals surface area contributed by atoms with Gasteiger partial charge >= 0.3 is 0 Å². The highest BCUT2D eigenvalue weighted by Gasteiger charge is 2.40. The summed E-state index contributed by atoms with van der Waals surface area (Å²) < 4.78 is 0. The summed E-state index contributed by atoms with van der Waals surface area (Å²) in [6, 6.07) is 0. The van der Waals surface area contributed by atoms with Gasteiger partial charge in [0.15, 0.2) is 0 Å². The van der Waals surface area contributed by atoms with Crippen LogP contribution < -0.4 is 5.32 Å². The molecule has 0 aromatic rings. The van der Waals surface area contributed by atoms with Gasteiger partial charge in [-0.05, 0) is 49.6 Å². The van der Waals surface area contributed by atoms with Gasteiger partial charge in [-0.2, -0.15) is 0 Å². The van der Waals surface area contributed by atoms with E-state index >= 15 is 0 Å². The Hall–Kier alpha value is -0.300. The second-order valence-corrected chi connectivity index (χ2v) is 4.36. The second-order valence-electron chi connectivity index (χ2n) is 4.36. The third kappa shape index (κ3) is 0.807. The molecule has 1 N–H and O–H groups in total. The molecule has 1 saturated heterocycles. The third-order valence-corrected chi connectivity index (χ3v) is 3.78. The maximum absolute atomic E-state index is 3.51. The first kappa shape index (κ1) is 6.24. The van der Waals surface area contributed by atoms with Crippen LogP contribution in [-0.2, 0) is 0 Å². The van der Waals surface area contributed by atoms with Crippen LogP contribution in [-0.4, -0.2) is 13.1 Å². The smallest absolute Gasteiger partial charge is 0.00171 e. The summed E-state index contributed by atoms with van der Waals surface area (Å²) in [7, 11) is 0. The molecular formula is C10H15N. The molecule has 0 amide bonds. The predicted octanol–water partition coefficient (Wildman–Crippen LogP) is 1.42. The third-order valence-electron chi connectivity index (χ3n) is 3.78. The highest BCUT2D eigenvalue weighted by molar-refractivity contribution is 5.13. The van der Waals surface area contributed by atoms with E-state index in [0.29, 0.717) is 0 Å². The van der Waals surface area contributed by atoms with Gasteiger partial charge in [0.1, 0.15) is 0 Å². The van der Waals surface area contributed by atoms with Crippen LogP contribution in [0.5, 0.6) is 0 Å². The molecule has 1 heterocycles. The van der Waals surface area contributed by atoms with Crippen LogP contribution in [0.2, 0.25) is 0 Å². The zero-order valence-corrected chi connectivity index (χ0v) is 6.79. The fourth-order valence-corrected chi connectivity index (χ4v) is 2.97.